The Hall–Kier alpha value is -1.65. The Morgan fingerprint density at radius 2 is 1.40 bits per heavy atom. The number of hydrogen-bond acceptors (Lipinski definition) is 2. The van der Waals surface area contributed by atoms with Gasteiger partial charge in [0, 0.05) is 27.8 Å². The van der Waals surface area contributed by atoms with Crippen LogP contribution in [0.3, 0.4) is 0 Å². The third-order valence-electron chi connectivity index (χ3n) is 2.46. The number of carbonyl (C=O) groups excluding carboxylic acids is 1. The molecule has 0 bridgehead atoms. The van der Waals surface area contributed by atoms with Crippen molar-refractivity contribution in [3.8, 4) is 5.75 Å². The highest BCUT2D eigenvalue weighted by Crippen LogP contribution is 2.25. The SMILES string of the molecule is O=C(c1ccc(Cl)cc1)c1ccc(OC(F)(F)Cl)cc1. The van der Waals surface area contributed by atoms with Crippen molar-refractivity contribution >= 4 is 29.0 Å². The van der Waals surface area contributed by atoms with Gasteiger partial charge in [0.15, 0.2) is 5.78 Å². The first-order valence-electron chi connectivity index (χ1n) is 5.51. The molecule has 0 amide bonds. The number of ketones is 1. The van der Waals surface area contributed by atoms with E-state index in [-0.39, 0.29) is 11.5 Å². The molecule has 0 saturated carbocycles. The van der Waals surface area contributed by atoms with Gasteiger partial charge in [-0.15, -0.1) is 8.78 Å². The molecule has 0 fully saturated rings. The maximum atomic E-state index is 12.4. The summed E-state index contributed by atoms with van der Waals surface area (Å²) in [6.45, 7) is 0. The average Bonchev–Trinajstić information content (AvgIpc) is 2.38. The van der Waals surface area contributed by atoms with Crippen LogP contribution >= 0.6 is 23.2 Å². The van der Waals surface area contributed by atoms with Gasteiger partial charge in [-0.05, 0) is 48.5 Å². The number of alkyl halides is 3. The Morgan fingerprint density at radius 3 is 1.85 bits per heavy atom. The smallest absolute Gasteiger partial charge is 0.420 e. The first-order chi connectivity index (χ1) is 9.35. The minimum absolute atomic E-state index is 0.127. The predicted octanol–water partition coefficient (Wildman–Crippen LogP) is 4.74. The third kappa shape index (κ3) is 3.92. The molecule has 20 heavy (non-hydrogen) atoms. The Balaban J connectivity index is 2.17. The molecule has 0 saturated heterocycles. The molecule has 6 heteroatoms. The lowest BCUT2D eigenvalue weighted by atomic mass is 10.0. The third-order valence-corrected chi connectivity index (χ3v) is 2.79. The summed E-state index contributed by atoms with van der Waals surface area (Å²) in [6.07, 6.45) is 0. The fraction of sp³-hybridized carbons (Fsp3) is 0.0714. The van der Waals surface area contributed by atoms with E-state index in [1.165, 1.54) is 24.3 Å². The Morgan fingerprint density at radius 1 is 0.950 bits per heavy atom. The van der Waals surface area contributed by atoms with Crippen molar-refractivity contribution in [3.63, 3.8) is 0 Å². The van der Waals surface area contributed by atoms with E-state index in [0.29, 0.717) is 16.1 Å². The molecule has 2 aromatic carbocycles. The lowest BCUT2D eigenvalue weighted by Gasteiger charge is -2.10. The molecule has 0 unspecified atom stereocenters. The monoisotopic (exact) mass is 316 g/mol. The quantitative estimate of drug-likeness (QED) is 0.601. The van der Waals surface area contributed by atoms with Gasteiger partial charge in [0.05, 0.1) is 0 Å². The lowest BCUT2D eigenvalue weighted by molar-refractivity contribution is -0.0964. The van der Waals surface area contributed by atoms with Gasteiger partial charge in [0.25, 0.3) is 0 Å². The van der Waals surface area contributed by atoms with Crippen molar-refractivity contribution in [2.24, 2.45) is 0 Å². The highest BCUT2D eigenvalue weighted by atomic mass is 35.5. The van der Waals surface area contributed by atoms with Crippen LogP contribution in [0.15, 0.2) is 48.5 Å². The second-order valence-electron chi connectivity index (χ2n) is 3.91. The van der Waals surface area contributed by atoms with Gasteiger partial charge in [-0.2, -0.15) is 0 Å². The second-order valence-corrected chi connectivity index (χ2v) is 4.78. The molecule has 0 atom stereocenters. The summed E-state index contributed by atoms with van der Waals surface area (Å²) in [4.78, 5) is 12.1. The standard InChI is InChI=1S/C14H8Cl2F2O2/c15-11-5-1-9(2-6-11)13(19)10-3-7-12(8-4-10)20-14(16,17)18/h1-8H. The Kier molecular flexibility index (Phi) is 4.26. The summed E-state index contributed by atoms with van der Waals surface area (Å²) in [6, 6.07) is 11.6. The summed E-state index contributed by atoms with van der Waals surface area (Å²) < 4.78 is 29.0. The number of benzene rings is 2. The van der Waals surface area contributed by atoms with Crippen LogP contribution < -0.4 is 4.74 Å². The molecule has 0 radical (unpaired) electrons. The molecule has 0 N–H and O–H groups in total. The van der Waals surface area contributed by atoms with E-state index in [4.69, 9.17) is 11.6 Å². The van der Waals surface area contributed by atoms with Crippen molar-refractivity contribution in [2.45, 2.75) is 5.57 Å². The number of halogens is 4. The van der Waals surface area contributed by atoms with Crippen molar-refractivity contribution in [1.29, 1.82) is 0 Å². The van der Waals surface area contributed by atoms with Crippen LogP contribution in [0.2, 0.25) is 5.02 Å². The van der Waals surface area contributed by atoms with Crippen LogP contribution in [0.5, 0.6) is 5.75 Å². The highest BCUT2D eigenvalue weighted by molar-refractivity contribution is 6.30. The minimum atomic E-state index is -3.78. The van der Waals surface area contributed by atoms with Gasteiger partial charge in [-0.3, -0.25) is 4.79 Å². The zero-order valence-corrected chi connectivity index (χ0v) is 11.5. The molecule has 0 spiro atoms. The molecule has 2 aromatic rings. The van der Waals surface area contributed by atoms with Crippen LogP contribution in [0.4, 0.5) is 8.78 Å². The van der Waals surface area contributed by atoms with Gasteiger partial charge in [-0.25, -0.2) is 0 Å². The summed E-state index contributed by atoms with van der Waals surface area (Å²) >= 11 is 10.4. The van der Waals surface area contributed by atoms with E-state index in [2.05, 4.69) is 16.3 Å². The predicted molar refractivity (Wildman–Crippen MR) is 72.8 cm³/mol. The summed E-state index contributed by atoms with van der Waals surface area (Å²) in [5.74, 6) is -0.372. The van der Waals surface area contributed by atoms with E-state index in [1.807, 2.05) is 0 Å². The van der Waals surface area contributed by atoms with E-state index >= 15 is 0 Å². The number of rotatable bonds is 4. The first kappa shape index (κ1) is 14.8. The molecular weight excluding hydrogens is 309 g/mol. The van der Waals surface area contributed by atoms with Gasteiger partial charge in [0.2, 0.25) is 0 Å². The van der Waals surface area contributed by atoms with Crippen LogP contribution in [-0.2, 0) is 0 Å². The number of hydrogen-bond donors (Lipinski definition) is 0. The van der Waals surface area contributed by atoms with Crippen LogP contribution in [0, 0.1) is 0 Å². The molecule has 0 aromatic heterocycles. The fourth-order valence-electron chi connectivity index (χ4n) is 1.58. The molecule has 0 heterocycles. The summed E-state index contributed by atoms with van der Waals surface area (Å²) in [5.41, 5.74) is -2.98. The van der Waals surface area contributed by atoms with Gasteiger partial charge in [-0.1, -0.05) is 11.6 Å². The molecule has 0 aliphatic carbocycles. The normalized spacial score (nSPS) is 11.2. The molecule has 104 valence electrons. The molecule has 2 nitrogen and oxygen atoms in total. The highest BCUT2D eigenvalue weighted by Gasteiger charge is 2.27. The molecule has 0 aliphatic heterocycles. The lowest BCUT2D eigenvalue weighted by Crippen LogP contribution is -2.15. The summed E-state index contributed by atoms with van der Waals surface area (Å²) in [5, 5.41) is 0.523. The zero-order valence-electron chi connectivity index (χ0n) is 9.95. The van der Waals surface area contributed by atoms with Gasteiger partial charge >= 0.3 is 5.57 Å². The van der Waals surface area contributed by atoms with E-state index < -0.39 is 5.57 Å². The first-order valence-corrected chi connectivity index (χ1v) is 6.27. The van der Waals surface area contributed by atoms with E-state index in [0.717, 1.165) is 0 Å². The molecule has 0 aliphatic rings. The van der Waals surface area contributed by atoms with Crippen molar-refractivity contribution in [1.82, 2.24) is 0 Å². The van der Waals surface area contributed by atoms with E-state index in [1.54, 1.807) is 24.3 Å². The van der Waals surface area contributed by atoms with Gasteiger partial charge in [0.1, 0.15) is 5.75 Å². The van der Waals surface area contributed by atoms with Crippen molar-refractivity contribution in [3.05, 3.63) is 64.7 Å². The van der Waals surface area contributed by atoms with Crippen LogP contribution in [0.25, 0.3) is 0 Å². The maximum Gasteiger partial charge on any atom is 0.487 e. The minimum Gasteiger partial charge on any atom is -0.420 e. The average molecular weight is 317 g/mol. The Labute approximate surface area is 123 Å². The largest absolute Gasteiger partial charge is 0.487 e. The van der Waals surface area contributed by atoms with Crippen molar-refractivity contribution < 1.29 is 18.3 Å². The van der Waals surface area contributed by atoms with Crippen molar-refractivity contribution in [2.75, 3.05) is 0 Å². The molecule has 2 rings (SSSR count). The molecular formula is C14H8Cl2F2O2. The Bertz CT molecular complexity index is 605. The van der Waals surface area contributed by atoms with Crippen LogP contribution in [0.1, 0.15) is 15.9 Å². The zero-order chi connectivity index (χ0) is 14.8. The van der Waals surface area contributed by atoms with Gasteiger partial charge < -0.3 is 4.74 Å². The number of carbonyl (C=O) groups is 1. The number of ether oxygens (including phenoxy) is 1. The maximum absolute atomic E-state index is 12.4. The summed E-state index contributed by atoms with van der Waals surface area (Å²) in [7, 11) is 0. The fourth-order valence-corrected chi connectivity index (χ4v) is 1.79. The van der Waals surface area contributed by atoms with Crippen LogP contribution in [-0.4, -0.2) is 11.4 Å². The topological polar surface area (TPSA) is 26.3 Å². The second kappa shape index (κ2) is 5.77. The van der Waals surface area contributed by atoms with E-state index in [9.17, 15) is 13.6 Å².